The van der Waals surface area contributed by atoms with Crippen LogP contribution in [0.4, 0.5) is 0 Å². The zero-order valence-electron chi connectivity index (χ0n) is 15.5. The van der Waals surface area contributed by atoms with Crippen LogP contribution in [-0.2, 0) is 22.7 Å². The Morgan fingerprint density at radius 2 is 2.18 bits per heavy atom. The summed E-state index contributed by atoms with van der Waals surface area (Å²) < 4.78 is 14.0. The van der Waals surface area contributed by atoms with Crippen LogP contribution in [0, 0.1) is 6.92 Å². The molecule has 9 heteroatoms. The smallest absolute Gasteiger partial charge is 0.237 e. The first kappa shape index (κ1) is 18.6. The predicted molar refractivity (Wildman–Crippen MR) is 105 cm³/mol. The number of nitrogens with zero attached hydrogens (tertiary/aromatic N) is 3. The van der Waals surface area contributed by atoms with E-state index < -0.39 is 6.04 Å². The number of rotatable bonds is 6. The van der Waals surface area contributed by atoms with Gasteiger partial charge in [0.1, 0.15) is 22.6 Å². The minimum absolute atomic E-state index is 0.103. The Labute approximate surface area is 166 Å². The van der Waals surface area contributed by atoms with Crippen molar-refractivity contribution in [3.8, 4) is 0 Å². The van der Waals surface area contributed by atoms with Crippen molar-refractivity contribution < 1.29 is 14.0 Å². The Kier molecular flexibility index (Phi) is 5.36. The Morgan fingerprint density at radius 3 is 3.00 bits per heavy atom. The maximum atomic E-state index is 12.5. The van der Waals surface area contributed by atoms with E-state index in [4.69, 9.17) is 4.42 Å². The number of amides is 2. The van der Waals surface area contributed by atoms with Crippen molar-refractivity contribution in [3.63, 3.8) is 0 Å². The van der Waals surface area contributed by atoms with Gasteiger partial charge in [-0.25, -0.2) is 0 Å². The van der Waals surface area contributed by atoms with E-state index in [9.17, 15) is 9.59 Å². The highest BCUT2D eigenvalue weighted by Crippen LogP contribution is 2.16. The Balaban J connectivity index is 1.36. The number of hydrogen-bond donors (Lipinski definition) is 2. The minimum Gasteiger partial charge on any atom is -0.465 e. The van der Waals surface area contributed by atoms with Crippen LogP contribution in [0.2, 0.25) is 0 Å². The molecule has 0 bridgehead atoms. The molecule has 2 amide bonds. The number of benzene rings is 1. The Bertz CT molecular complexity index is 998. The van der Waals surface area contributed by atoms with Crippen molar-refractivity contribution in [3.05, 3.63) is 47.4 Å². The van der Waals surface area contributed by atoms with Gasteiger partial charge in [-0.3, -0.25) is 14.5 Å². The molecule has 3 aromatic rings. The highest BCUT2D eigenvalue weighted by molar-refractivity contribution is 7.00. The van der Waals surface area contributed by atoms with Crippen LogP contribution in [0.1, 0.15) is 23.5 Å². The van der Waals surface area contributed by atoms with Crippen molar-refractivity contribution in [2.45, 2.75) is 32.5 Å². The molecule has 4 rings (SSSR count). The van der Waals surface area contributed by atoms with Crippen LogP contribution >= 0.6 is 11.7 Å². The van der Waals surface area contributed by atoms with Crippen molar-refractivity contribution in [1.29, 1.82) is 0 Å². The molecule has 2 N–H and O–H groups in total. The van der Waals surface area contributed by atoms with E-state index in [0.717, 1.165) is 28.1 Å². The number of carbonyl (C=O) groups is 2. The highest BCUT2D eigenvalue weighted by Gasteiger charge is 2.32. The molecule has 146 valence electrons. The van der Waals surface area contributed by atoms with Crippen molar-refractivity contribution in [2.24, 2.45) is 0 Å². The first-order chi connectivity index (χ1) is 13.6. The predicted octanol–water partition coefficient (Wildman–Crippen LogP) is 1.60. The lowest BCUT2D eigenvalue weighted by atomic mass is 10.1. The molecule has 2 aromatic heterocycles. The Morgan fingerprint density at radius 1 is 1.32 bits per heavy atom. The fraction of sp³-hybridized carbons (Fsp3) is 0.368. The SMILES string of the molecule is Cc1ccc(CN2CCNC(=O)[C@@H]2CC(=O)NCc2ccc3nsnc3c2)o1. The van der Waals surface area contributed by atoms with Gasteiger partial charge in [-0.2, -0.15) is 8.75 Å². The van der Waals surface area contributed by atoms with E-state index in [1.807, 2.05) is 42.2 Å². The molecule has 1 aromatic carbocycles. The van der Waals surface area contributed by atoms with Crippen molar-refractivity contribution in [2.75, 3.05) is 13.1 Å². The summed E-state index contributed by atoms with van der Waals surface area (Å²) in [6.45, 7) is 4.02. The van der Waals surface area contributed by atoms with E-state index in [1.54, 1.807) is 0 Å². The molecule has 1 fully saturated rings. The van der Waals surface area contributed by atoms with E-state index in [1.165, 1.54) is 11.7 Å². The number of piperazine rings is 1. The average molecular weight is 399 g/mol. The number of carbonyl (C=O) groups excluding carboxylic acids is 2. The van der Waals surface area contributed by atoms with Gasteiger partial charge in [0, 0.05) is 19.6 Å². The van der Waals surface area contributed by atoms with Gasteiger partial charge in [0.2, 0.25) is 11.8 Å². The van der Waals surface area contributed by atoms with E-state index in [-0.39, 0.29) is 18.2 Å². The number of fused-ring (bicyclic) bond motifs is 1. The van der Waals surface area contributed by atoms with E-state index in [2.05, 4.69) is 19.4 Å². The lowest BCUT2D eigenvalue weighted by Gasteiger charge is -2.34. The number of aryl methyl sites for hydroxylation is 1. The maximum absolute atomic E-state index is 12.5. The van der Waals surface area contributed by atoms with Gasteiger partial charge >= 0.3 is 0 Å². The molecule has 1 saturated heterocycles. The molecule has 0 spiro atoms. The third-order valence-electron chi connectivity index (χ3n) is 4.78. The normalized spacial score (nSPS) is 17.6. The zero-order valence-corrected chi connectivity index (χ0v) is 16.3. The van der Waals surface area contributed by atoms with E-state index >= 15 is 0 Å². The molecule has 0 radical (unpaired) electrons. The van der Waals surface area contributed by atoms with Gasteiger partial charge in [0.25, 0.3) is 0 Å². The maximum Gasteiger partial charge on any atom is 0.237 e. The Hall–Kier alpha value is -2.78. The third-order valence-corrected chi connectivity index (χ3v) is 5.34. The average Bonchev–Trinajstić information content (AvgIpc) is 3.31. The standard InChI is InChI=1S/C19H21N5O3S/c1-12-2-4-14(27-12)11-24-7-6-20-19(26)17(24)9-18(25)21-10-13-3-5-15-16(8-13)23-28-22-15/h2-5,8,17H,6-7,9-11H2,1H3,(H,20,26)(H,21,25)/t17-/m0/s1. The fourth-order valence-corrected chi connectivity index (χ4v) is 3.85. The lowest BCUT2D eigenvalue weighted by molar-refractivity contribution is -0.134. The highest BCUT2D eigenvalue weighted by atomic mass is 32.1. The molecule has 1 atom stereocenters. The van der Waals surface area contributed by atoms with E-state index in [0.29, 0.717) is 26.2 Å². The van der Waals surface area contributed by atoms with Gasteiger partial charge in [0.15, 0.2) is 0 Å². The summed E-state index contributed by atoms with van der Waals surface area (Å²) in [5, 5.41) is 5.74. The molecule has 28 heavy (non-hydrogen) atoms. The minimum atomic E-state index is -0.510. The summed E-state index contributed by atoms with van der Waals surface area (Å²) in [5.74, 6) is 1.33. The summed E-state index contributed by atoms with van der Waals surface area (Å²) in [7, 11) is 0. The summed E-state index contributed by atoms with van der Waals surface area (Å²) in [4.78, 5) is 26.8. The topological polar surface area (TPSA) is 100 Å². The first-order valence-corrected chi connectivity index (χ1v) is 9.86. The molecule has 8 nitrogen and oxygen atoms in total. The molecular formula is C19H21N5O3S. The lowest BCUT2D eigenvalue weighted by Crippen LogP contribution is -2.56. The number of nitrogens with one attached hydrogen (secondary N) is 2. The fourth-order valence-electron chi connectivity index (χ4n) is 3.33. The zero-order chi connectivity index (χ0) is 19.5. The van der Waals surface area contributed by atoms with Gasteiger partial charge in [0.05, 0.1) is 30.7 Å². The molecule has 0 unspecified atom stereocenters. The molecule has 3 heterocycles. The van der Waals surface area contributed by atoms with Crippen molar-refractivity contribution >= 4 is 34.6 Å². The third kappa shape index (κ3) is 4.20. The molecule has 0 aliphatic carbocycles. The van der Waals surface area contributed by atoms with Gasteiger partial charge in [-0.05, 0) is 36.8 Å². The summed E-state index contributed by atoms with van der Waals surface area (Å²) in [6, 6.07) is 9.02. The van der Waals surface area contributed by atoms with Gasteiger partial charge < -0.3 is 15.1 Å². The van der Waals surface area contributed by atoms with Crippen LogP contribution in [0.3, 0.4) is 0 Å². The second-order valence-electron chi connectivity index (χ2n) is 6.86. The first-order valence-electron chi connectivity index (χ1n) is 9.13. The summed E-state index contributed by atoms with van der Waals surface area (Å²) in [6.07, 6.45) is 0.103. The van der Waals surface area contributed by atoms with Crippen LogP contribution in [0.25, 0.3) is 11.0 Å². The molecule has 1 aliphatic heterocycles. The molecule has 1 aliphatic rings. The largest absolute Gasteiger partial charge is 0.465 e. The van der Waals surface area contributed by atoms with Gasteiger partial charge in [-0.1, -0.05) is 6.07 Å². The second-order valence-corrected chi connectivity index (χ2v) is 7.39. The molecule has 0 saturated carbocycles. The number of furan rings is 1. The van der Waals surface area contributed by atoms with Crippen LogP contribution in [-0.4, -0.2) is 44.6 Å². The van der Waals surface area contributed by atoms with Crippen LogP contribution in [0.5, 0.6) is 0 Å². The summed E-state index contributed by atoms with van der Waals surface area (Å²) in [5.41, 5.74) is 2.62. The quantitative estimate of drug-likeness (QED) is 0.653. The van der Waals surface area contributed by atoms with Crippen LogP contribution in [0.15, 0.2) is 34.7 Å². The second kappa shape index (κ2) is 8.07. The monoisotopic (exact) mass is 399 g/mol. The molecular weight excluding hydrogens is 378 g/mol. The summed E-state index contributed by atoms with van der Waals surface area (Å²) >= 11 is 1.17. The van der Waals surface area contributed by atoms with Gasteiger partial charge in [-0.15, -0.1) is 0 Å². The number of hydrogen-bond acceptors (Lipinski definition) is 7. The van der Waals surface area contributed by atoms with Crippen molar-refractivity contribution in [1.82, 2.24) is 24.3 Å². The number of aromatic nitrogens is 2. The van der Waals surface area contributed by atoms with Crippen LogP contribution < -0.4 is 10.6 Å².